The number of rotatable bonds is 4. The first-order valence-electron chi connectivity index (χ1n) is 5.88. The average molecular weight is 258 g/mol. The van der Waals surface area contributed by atoms with Crippen molar-refractivity contribution in [2.24, 2.45) is 5.92 Å². The van der Waals surface area contributed by atoms with E-state index in [2.05, 4.69) is 22.8 Å². The van der Waals surface area contributed by atoms with E-state index in [1.165, 1.54) is 10.1 Å². The number of amides is 1. The third-order valence-electron chi connectivity index (χ3n) is 2.89. The zero-order chi connectivity index (χ0) is 13.0. The van der Waals surface area contributed by atoms with Gasteiger partial charge in [0.1, 0.15) is 5.92 Å². The Morgan fingerprint density at radius 3 is 3.00 bits per heavy atom. The van der Waals surface area contributed by atoms with Crippen molar-refractivity contribution >= 4 is 27.3 Å². The van der Waals surface area contributed by atoms with Gasteiger partial charge in [0, 0.05) is 11.2 Å². The van der Waals surface area contributed by atoms with Gasteiger partial charge in [0.25, 0.3) is 0 Å². The molecule has 0 radical (unpaired) electrons. The van der Waals surface area contributed by atoms with E-state index in [0.29, 0.717) is 13.0 Å². The number of carbonyl (C=O) groups is 1. The fourth-order valence-electron chi connectivity index (χ4n) is 1.81. The summed E-state index contributed by atoms with van der Waals surface area (Å²) >= 11 is 1.67. The molecule has 3 nitrogen and oxygen atoms in total. The van der Waals surface area contributed by atoms with Crippen molar-refractivity contribution in [3.8, 4) is 6.07 Å². The van der Waals surface area contributed by atoms with Gasteiger partial charge in [-0.2, -0.15) is 5.26 Å². The van der Waals surface area contributed by atoms with E-state index in [-0.39, 0.29) is 5.91 Å². The maximum Gasteiger partial charge on any atom is 0.237 e. The molecule has 1 aromatic carbocycles. The molecule has 0 saturated heterocycles. The Morgan fingerprint density at radius 2 is 2.28 bits per heavy atom. The lowest BCUT2D eigenvalue weighted by atomic mass is 10.1. The van der Waals surface area contributed by atoms with Gasteiger partial charge >= 0.3 is 0 Å². The van der Waals surface area contributed by atoms with Crippen molar-refractivity contribution in [3.05, 3.63) is 35.2 Å². The van der Waals surface area contributed by atoms with Crippen LogP contribution in [0.2, 0.25) is 0 Å². The number of thiophene rings is 1. The molecule has 0 aliphatic rings. The van der Waals surface area contributed by atoms with Gasteiger partial charge < -0.3 is 5.32 Å². The number of nitrogens with zero attached hydrogens (tertiary/aromatic N) is 1. The Balaban J connectivity index is 2.07. The maximum absolute atomic E-state index is 11.7. The first-order valence-corrected chi connectivity index (χ1v) is 6.76. The van der Waals surface area contributed by atoms with Crippen LogP contribution >= 0.6 is 11.3 Å². The number of nitrogens with one attached hydrogen (secondary N) is 1. The minimum atomic E-state index is -0.546. The van der Waals surface area contributed by atoms with Crippen LogP contribution in [0.1, 0.15) is 18.9 Å². The lowest BCUT2D eigenvalue weighted by molar-refractivity contribution is -0.123. The first kappa shape index (κ1) is 12.6. The van der Waals surface area contributed by atoms with Crippen LogP contribution in [0.5, 0.6) is 0 Å². The SMILES string of the molecule is CCC(C#N)C(=O)NCc1csc2ccccc12. The monoisotopic (exact) mass is 258 g/mol. The van der Waals surface area contributed by atoms with Crippen molar-refractivity contribution in [1.29, 1.82) is 5.26 Å². The average Bonchev–Trinajstić information content (AvgIpc) is 2.81. The molecule has 1 aromatic heterocycles. The fraction of sp³-hybridized carbons (Fsp3) is 0.286. The van der Waals surface area contributed by atoms with Gasteiger partial charge in [-0.3, -0.25) is 4.79 Å². The zero-order valence-electron chi connectivity index (χ0n) is 10.1. The fourth-order valence-corrected chi connectivity index (χ4v) is 2.77. The van der Waals surface area contributed by atoms with E-state index < -0.39 is 5.92 Å². The highest BCUT2D eigenvalue weighted by atomic mass is 32.1. The van der Waals surface area contributed by atoms with Gasteiger partial charge in [0.05, 0.1) is 6.07 Å². The summed E-state index contributed by atoms with van der Waals surface area (Å²) < 4.78 is 1.22. The molecule has 0 saturated carbocycles. The van der Waals surface area contributed by atoms with Crippen LogP contribution in [0.15, 0.2) is 29.6 Å². The second-order valence-electron chi connectivity index (χ2n) is 4.06. The molecule has 18 heavy (non-hydrogen) atoms. The molecule has 1 atom stereocenters. The number of carbonyl (C=O) groups excluding carboxylic acids is 1. The Kier molecular flexibility index (Phi) is 3.96. The number of fused-ring (bicyclic) bond motifs is 1. The molecule has 1 unspecified atom stereocenters. The van der Waals surface area contributed by atoms with Crippen molar-refractivity contribution in [1.82, 2.24) is 5.32 Å². The summed E-state index contributed by atoms with van der Waals surface area (Å²) in [4.78, 5) is 11.7. The predicted octanol–water partition coefficient (Wildman–Crippen LogP) is 3.07. The van der Waals surface area contributed by atoms with Crippen LogP contribution in [-0.4, -0.2) is 5.91 Å². The summed E-state index contributed by atoms with van der Waals surface area (Å²) in [6.07, 6.45) is 0.548. The molecule has 0 aliphatic heterocycles. The van der Waals surface area contributed by atoms with Crippen LogP contribution in [0, 0.1) is 17.2 Å². The van der Waals surface area contributed by atoms with Crippen molar-refractivity contribution < 1.29 is 4.79 Å². The Labute approximate surface area is 110 Å². The van der Waals surface area contributed by atoms with Crippen molar-refractivity contribution in [2.45, 2.75) is 19.9 Å². The Bertz CT molecular complexity index is 597. The zero-order valence-corrected chi connectivity index (χ0v) is 11.0. The van der Waals surface area contributed by atoms with Gasteiger partial charge in [-0.1, -0.05) is 25.1 Å². The van der Waals surface area contributed by atoms with E-state index in [1.807, 2.05) is 25.1 Å². The van der Waals surface area contributed by atoms with Crippen LogP contribution in [0.3, 0.4) is 0 Å². The summed E-state index contributed by atoms with van der Waals surface area (Å²) in [7, 11) is 0. The minimum Gasteiger partial charge on any atom is -0.351 e. The van der Waals surface area contributed by atoms with Crippen molar-refractivity contribution in [2.75, 3.05) is 0 Å². The third kappa shape index (κ3) is 2.52. The summed E-state index contributed by atoms with van der Waals surface area (Å²) in [6, 6.07) is 10.1. The Morgan fingerprint density at radius 1 is 1.50 bits per heavy atom. The minimum absolute atomic E-state index is 0.185. The molecule has 2 aromatic rings. The molecule has 0 spiro atoms. The van der Waals surface area contributed by atoms with Crippen LogP contribution in [0.4, 0.5) is 0 Å². The number of hydrogen-bond donors (Lipinski definition) is 1. The van der Waals surface area contributed by atoms with Gasteiger partial charge in [-0.25, -0.2) is 0 Å². The predicted molar refractivity (Wildman–Crippen MR) is 73.1 cm³/mol. The molecule has 92 valence electrons. The quantitative estimate of drug-likeness (QED) is 0.916. The van der Waals surface area contributed by atoms with Gasteiger partial charge in [0.15, 0.2) is 0 Å². The first-order chi connectivity index (χ1) is 8.76. The summed E-state index contributed by atoms with van der Waals surface area (Å²) in [5.74, 6) is -0.731. The molecule has 0 bridgehead atoms. The van der Waals surface area contributed by atoms with E-state index in [9.17, 15) is 4.79 Å². The molecule has 2 rings (SSSR count). The smallest absolute Gasteiger partial charge is 0.237 e. The summed E-state index contributed by atoms with van der Waals surface area (Å²) in [5, 5.41) is 14.9. The molecule has 1 N–H and O–H groups in total. The topological polar surface area (TPSA) is 52.9 Å². The maximum atomic E-state index is 11.7. The van der Waals surface area contributed by atoms with Gasteiger partial charge in [-0.05, 0) is 28.8 Å². The molecule has 1 heterocycles. The van der Waals surface area contributed by atoms with E-state index in [0.717, 1.165) is 5.56 Å². The molecule has 0 aliphatic carbocycles. The van der Waals surface area contributed by atoms with E-state index in [4.69, 9.17) is 5.26 Å². The number of nitriles is 1. The normalized spacial score (nSPS) is 12.0. The van der Waals surface area contributed by atoms with Crippen molar-refractivity contribution in [3.63, 3.8) is 0 Å². The van der Waals surface area contributed by atoms with E-state index in [1.54, 1.807) is 11.3 Å². The third-order valence-corrected chi connectivity index (χ3v) is 3.91. The largest absolute Gasteiger partial charge is 0.351 e. The second kappa shape index (κ2) is 5.65. The highest BCUT2D eigenvalue weighted by molar-refractivity contribution is 7.17. The van der Waals surface area contributed by atoms with Crippen LogP contribution in [-0.2, 0) is 11.3 Å². The number of hydrogen-bond acceptors (Lipinski definition) is 3. The van der Waals surface area contributed by atoms with E-state index >= 15 is 0 Å². The lowest BCUT2D eigenvalue weighted by Crippen LogP contribution is -2.29. The molecular weight excluding hydrogens is 244 g/mol. The van der Waals surface area contributed by atoms with Gasteiger partial charge in [0.2, 0.25) is 5.91 Å². The molecule has 4 heteroatoms. The standard InChI is InChI=1S/C14H14N2OS/c1-2-10(7-15)14(17)16-8-11-9-18-13-6-4-3-5-12(11)13/h3-6,9-10H,2,8H2,1H3,(H,16,17). The summed E-state index contributed by atoms with van der Waals surface area (Å²) in [5.41, 5.74) is 1.11. The lowest BCUT2D eigenvalue weighted by Gasteiger charge is -2.07. The van der Waals surface area contributed by atoms with Gasteiger partial charge in [-0.15, -0.1) is 11.3 Å². The highest BCUT2D eigenvalue weighted by Crippen LogP contribution is 2.25. The Hall–Kier alpha value is -1.86. The van der Waals surface area contributed by atoms with Crippen LogP contribution in [0.25, 0.3) is 10.1 Å². The molecule has 1 amide bonds. The van der Waals surface area contributed by atoms with Crippen LogP contribution < -0.4 is 5.32 Å². The molecular formula is C14H14N2OS. The number of benzene rings is 1. The highest BCUT2D eigenvalue weighted by Gasteiger charge is 2.15. The summed E-state index contributed by atoms with van der Waals surface area (Å²) in [6.45, 7) is 2.33. The molecule has 0 fully saturated rings. The second-order valence-corrected chi connectivity index (χ2v) is 4.98.